The average Bonchev–Trinajstić information content (AvgIpc) is 2.43. The van der Waals surface area contributed by atoms with Crippen LogP contribution in [0, 0.1) is 0 Å². The number of unbranched alkanes of at least 4 members (excludes halogenated alkanes) is 13. The molecule has 0 bridgehead atoms. The van der Waals surface area contributed by atoms with E-state index >= 15 is 0 Å². The van der Waals surface area contributed by atoms with Crippen LogP contribution in [0.3, 0.4) is 0 Å². The van der Waals surface area contributed by atoms with E-state index in [-0.39, 0.29) is 0 Å². The molecule has 0 radical (unpaired) electrons. The summed E-state index contributed by atoms with van der Waals surface area (Å²) in [6, 6.07) is 0. The molecule has 0 aliphatic carbocycles. The highest BCUT2D eigenvalue weighted by molar-refractivity contribution is 4.50. The maximum atomic E-state index is 8.60. The van der Waals surface area contributed by atoms with Gasteiger partial charge in [-0.25, -0.2) is 0 Å². The third-order valence-electron chi connectivity index (χ3n) is 3.86. The highest BCUT2D eigenvalue weighted by Gasteiger charge is 1.95. The number of nitrogens with one attached hydrogen (secondary N) is 1. The molecule has 0 aliphatic heterocycles. The first-order valence-electron chi connectivity index (χ1n) is 8.87. The minimum Gasteiger partial charge on any atom is -0.356 e. The minimum atomic E-state index is -1.35. The maximum absolute atomic E-state index is 8.60. The lowest BCUT2D eigenvalue weighted by Gasteiger charge is -2.06. The fourth-order valence-electron chi connectivity index (χ4n) is 2.55. The van der Waals surface area contributed by atoms with Gasteiger partial charge in [-0.1, -0.05) is 90.4 Å². The highest BCUT2D eigenvalue weighted by atomic mass is 16.5. The van der Waals surface area contributed by atoms with Crippen molar-refractivity contribution in [3.05, 3.63) is 0 Å². The van der Waals surface area contributed by atoms with E-state index in [1.807, 2.05) is 0 Å². The molecule has 0 fully saturated rings. The predicted octanol–water partition coefficient (Wildman–Crippen LogP) is 4.33. The molecule has 0 atom stereocenters. The van der Waals surface area contributed by atoms with Crippen molar-refractivity contribution in [2.45, 2.75) is 103 Å². The first-order chi connectivity index (χ1) is 9.77. The standard InChI is InChI=1S/C17H37NO2/c1-2-3-4-5-6-7-8-9-10-11-12-13-14-15-16-18-17(19)20/h17-20H,2-16H2,1H3. The Balaban J connectivity index is 2.92. The largest absolute Gasteiger partial charge is 0.356 e. The summed E-state index contributed by atoms with van der Waals surface area (Å²) < 4.78 is 0. The number of aliphatic hydroxyl groups is 2. The van der Waals surface area contributed by atoms with Gasteiger partial charge in [0.15, 0.2) is 0 Å². The molecule has 122 valence electrons. The quantitative estimate of drug-likeness (QED) is 0.293. The van der Waals surface area contributed by atoms with E-state index < -0.39 is 6.41 Å². The Morgan fingerprint density at radius 3 is 1.30 bits per heavy atom. The highest BCUT2D eigenvalue weighted by Crippen LogP contribution is 2.12. The fourth-order valence-corrected chi connectivity index (χ4v) is 2.55. The summed E-state index contributed by atoms with van der Waals surface area (Å²) in [6.07, 6.45) is 17.6. The molecule has 0 unspecified atom stereocenters. The van der Waals surface area contributed by atoms with Crippen LogP contribution in [0.4, 0.5) is 0 Å². The van der Waals surface area contributed by atoms with Crippen LogP contribution < -0.4 is 5.32 Å². The Kier molecular flexibility index (Phi) is 16.8. The predicted molar refractivity (Wildman–Crippen MR) is 86.5 cm³/mol. The Labute approximate surface area is 126 Å². The molecule has 0 spiro atoms. The van der Waals surface area contributed by atoms with Gasteiger partial charge >= 0.3 is 0 Å². The van der Waals surface area contributed by atoms with Crippen molar-refractivity contribution in [1.29, 1.82) is 0 Å². The third-order valence-corrected chi connectivity index (χ3v) is 3.86. The van der Waals surface area contributed by atoms with Crippen LogP contribution in [0.15, 0.2) is 0 Å². The Morgan fingerprint density at radius 2 is 0.950 bits per heavy atom. The molecule has 0 aromatic carbocycles. The van der Waals surface area contributed by atoms with Crippen LogP contribution in [-0.2, 0) is 0 Å². The van der Waals surface area contributed by atoms with E-state index in [0.29, 0.717) is 6.54 Å². The van der Waals surface area contributed by atoms with Crippen molar-refractivity contribution in [2.75, 3.05) is 6.54 Å². The molecular formula is C17H37NO2. The Hall–Kier alpha value is -0.120. The monoisotopic (exact) mass is 287 g/mol. The summed E-state index contributed by atoms with van der Waals surface area (Å²) in [7, 11) is 0. The van der Waals surface area contributed by atoms with Gasteiger partial charge in [0.1, 0.15) is 0 Å². The lowest BCUT2D eigenvalue weighted by Crippen LogP contribution is -2.28. The number of aliphatic hydroxyl groups excluding tert-OH is 1. The molecule has 0 aromatic heterocycles. The zero-order valence-electron chi connectivity index (χ0n) is 13.6. The van der Waals surface area contributed by atoms with Crippen molar-refractivity contribution in [2.24, 2.45) is 0 Å². The first kappa shape index (κ1) is 19.9. The van der Waals surface area contributed by atoms with Crippen LogP contribution in [0.5, 0.6) is 0 Å². The lowest BCUT2D eigenvalue weighted by molar-refractivity contribution is -0.0655. The maximum Gasteiger partial charge on any atom is 0.210 e. The summed E-state index contributed by atoms with van der Waals surface area (Å²) in [5, 5.41) is 19.8. The molecule has 20 heavy (non-hydrogen) atoms. The number of rotatable bonds is 16. The summed E-state index contributed by atoms with van der Waals surface area (Å²) in [5.74, 6) is 0. The molecule has 0 rings (SSSR count). The second-order valence-corrected chi connectivity index (χ2v) is 5.92. The van der Waals surface area contributed by atoms with Crippen LogP contribution in [0.2, 0.25) is 0 Å². The molecule has 3 nitrogen and oxygen atoms in total. The van der Waals surface area contributed by atoms with Gasteiger partial charge in [0.05, 0.1) is 0 Å². The van der Waals surface area contributed by atoms with Crippen molar-refractivity contribution in [3.63, 3.8) is 0 Å². The topological polar surface area (TPSA) is 52.5 Å². The lowest BCUT2D eigenvalue weighted by atomic mass is 10.0. The zero-order valence-corrected chi connectivity index (χ0v) is 13.6. The summed E-state index contributed by atoms with van der Waals surface area (Å²) in [5.41, 5.74) is 0. The van der Waals surface area contributed by atoms with Crippen LogP contribution in [0.25, 0.3) is 0 Å². The summed E-state index contributed by atoms with van der Waals surface area (Å²) >= 11 is 0. The minimum absolute atomic E-state index is 0.704. The Morgan fingerprint density at radius 1 is 0.600 bits per heavy atom. The smallest absolute Gasteiger partial charge is 0.210 e. The molecule has 0 saturated carbocycles. The van der Waals surface area contributed by atoms with E-state index in [1.54, 1.807) is 0 Å². The van der Waals surface area contributed by atoms with E-state index in [2.05, 4.69) is 12.2 Å². The second kappa shape index (κ2) is 16.9. The van der Waals surface area contributed by atoms with Gasteiger partial charge in [-0.3, -0.25) is 5.32 Å². The molecule has 3 N–H and O–H groups in total. The van der Waals surface area contributed by atoms with Gasteiger partial charge in [-0.05, 0) is 13.0 Å². The van der Waals surface area contributed by atoms with Crippen LogP contribution in [-0.4, -0.2) is 23.2 Å². The van der Waals surface area contributed by atoms with E-state index in [4.69, 9.17) is 10.2 Å². The van der Waals surface area contributed by atoms with Crippen molar-refractivity contribution < 1.29 is 10.2 Å². The summed E-state index contributed by atoms with van der Waals surface area (Å²) in [4.78, 5) is 0. The summed E-state index contributed by atoms with van der Waals surface area (Å²) in [6.45, 7) is 2.97. The molecule has 0 aliphatic rings. The normalized spacial score (nSPS) is 11.4. The zero-order chi connectivity index (χ0) is 14.9. The number of hydrogen-bond donors (Lipinski definition) is 3. The van der Waals surface area contributed by atoms with Crippen LogP contribution in [0.1, 0.15) is 96.8 Å². The molecular weight excluding hydrogens is 250 g/mol. The first-order valence-corrected chi connectivity index (χ1v) is 8.87. The third kappa shape index (κ3) is 17.9. The molecule has 0 aromatic rings. The van der Waals surface area contributed by atoms with Crippen molar-refractivity contribution >= 4 is 0 Å². The van der Waals surface area contributed by atoms with Gasteiger partial charge in [0.2, 0.25) is 6.41 Å². The Bertz CT molecular complexity index is 174. The van der Waals surface area contributed by atoms with Gasteiger partial charge in [-0.2, -0.15) is 0 Å². The van der Waals surface area contributed by atoms with Gasteiger partial charge in [0, 0.05) is 0 Å². The molecule has 0 saturated heterocycles. The van der Waals surface area contributed by atoms with Crippen molar-refractivity contribution in [3.8, 4) is 0 Å². The van der Waals surface area contributed by atoms with E-state index in [0.717, 1.165) is 6.42 Å². The van der Waals surface area contributed by atoms with Gasteiger partial charge in [0.25, 0.3) is 0 Å². The van der Waals surface area contributed by atoms with Crippen molar-refractivity contribution in [1.82, 2.24) is 5.32 Å². The molecule has 0 heterocycles. The average molecular weight is 287 g/mol. The van der Waals surface area contributed by atoms with Crippen LogP contribution >= 0.6 is 0 Å². The second-order valence-electron chi connectivity index (χ2n) is 5.92. The molecule has 0 amide bonds. The van der Waals surface area contributed by atoms with Gasteiger partial charge < -0.3 is 10.2 Å². The number of hydrogen-bond acceptors (Lipinski definition) is 3. The van der Waals surface area contributed by atoms with E-state index in [9.17, 15) is 0 Å². The van der Waals surface area contributed by atoms with E-state index in [1.165, 1.54) is 83.5 Å². The SMILES string of the molecule is CCCCCCCCCCCCCCCCNC(O)O. The molecule has 3 heteroatoms. The fraction of sp³-hybridized carbons (Fsp3) is 1.00. The van der Waals surface area contributed by atoms with Gasteiger partial charge in [-0.15, -0.1) is 0 Å².